The third-order valence-electron chi connectivity index (χ3n) is 3.80. The number of hydrogen-bond donors (Lipinski definition) is 1. The van der Waals surface area contributed by atoms with Crippen molar-refractivity contribution < 1.29 is 14.3 Å². The van der Waals surface area contributed by atoms with Crippen LogP contribution in [0.15, 0.2) is 60.2 Å². The molecule has 5 nitrogen and oxygen atoms in total. The quantitative estimate of drug-likeness (QED) is 0.411. The Morgan fingerprint density at radius 1 is 1.19 bits per heavy atom. The number of hydrogen-bond acceptors (Lipinski definition) is 4. The maximum atomic E-state index is 12.0. The lowest BCUT2D eigenvalue weighted by molar-refractivity contribution is -0.123. The van der Waals surface area contributed by atoms with E-state index in [9.17, 15) is 4.79 Å². The highest BCUT2D eigenvalue weighted by Gasteiger charge is 2.10. The van der Waals surface area contributed by atoms with E-state index >= 15 is 0 Å². The molecule has 0 aliphatic rings. The number of benzene rings is 2. The van der Waals surface area contributed by atoms with Crippen LogP contribution >= 0.6 is 0 Å². The lowest BCUT2D eigenvalue weighted by atomic mass is 10.0. The second-order valence-electron chi connectivity index (χ2n) is 6.45. The average Bonchev–Trinajstić information content (AvgIpc) is 2.65. The van der Waals surface area contributed by atoms with Gasteiger partial charge < -0.3 is 9.47 Å². The number of nitrogens with zero attached hydrogens (tertiary/aromatic N) is 1. The Bertz CT molecular complexity index is 796. The first kappa shape index (κ1) is 20.2. The second-order valence-corrected chi connectivity index (χ2v) is 6.45. The zero-order chi connectivity index (χ0) is 19.6. The van der Waals surface area contributed by atoms with Gasteiger partial charge in [-0.2, -0.15) is 5.10 Å². The third kappa shape index (κ3) is 6.62. The molecule has 0 spiro atoms. The third-order valence-corrected chi connectivity index (χ3v) is 3.80. The summed E-state index contributed by atoms with van der Waals surface area (Å²) in [4.78, 5) is 12.0. The molecule has 0 aliphatic heterocycles. The number of rotatable bonds is 9. The van der Waals surface area contributed by atoms with E-state index in [2.05, 4.69) is 31.0 Å². The van der Waals surface area contributed by atoms with Crippen molar-refractivity contribution in [2.45, 2.75) is 26.7 Å². The monoisotopic (exact) mass is 366 g/mol. The summed E-state index contributed by atoms with van der Waals surface area (Å²) in [6.45, 7) is 10.2. The molecule has 1 N–H and O–H groups in total. The minimum absolute atomic E-state index is 0.0884. The Balaban J connectivity index is 1.85. The van der Waals surface area contributed by atoms with Crippen LogP contribution in [0.25, 0.3) is 0 Å². The molecule has 2 rings (SSSR count). The van der Waals surface area contributed by atoms with Gasteiger partial charge in [0.1, 0.15) is 18.1 Å². The molecule has 0 aliphatic carbocycles. The van der Waals surface area contributed by atoms with E-state index in [-0.39, 0.29) is 12.5 Å². The highest BCUT2D eigenvalue weighted by atomic mass is 16.5. The van der Waals surface area contributed by atoms with E-state index in [0.29, 0.717) is 12.5 Å². The molecule has 142 valence electrons. The second kappa shape index (κ2) is 10.2. The van der Waals surface area contributed by atoms with Gasteiger partial charge in [0.05, 0.1) is 6.21 Å². The van der Waals surface area contributed by atoms with Gasteiger partial charge in [-0.05, 0) is 59.9 Å². The smallest absolute Gasteiger partial charge is 0.277 e. The fourth-order valence-electron chi connectivity index (χ4n) is 2.40. The number of aryl methyl sites for hydroxylation is 1. The highest BCUT2D eigenvalue weighted by Crippen LogP contribution is 2.27. The lowest BCUT2D eigenvalue weighted by Crippen LogP contribution is -2.25. The maximum Gasteiger partial charge on any atom is 0.277 e. The molecular weight excluding hydrogens is 340 g/mol. The van der Waals surface area contributed by atoms with Crippen LogP contribution in [0, 0.1) is 6.92 Å². The van der Waals surface area contributed by atoms with Crippen molar-refractivity contribution in [1.82, 2.24) is 5.43 Å². The van der Waals surface area contributed by atoms with Gasteiger partial charge in [-0.1, -0.05) is 38.6 Å². The van der Waals surface area contributed by atoms with Gasteiger partial charge in [-0.25, -0.2) is 5.43 Å². The first-order valence-electron chi connectivity index (χ1n) is 8.88. The largest absolute Gasteiger partial charge is 0.490 e. The Morgan fingerprint density at radius 2 is 1.93 bits per heavy atom. The van der Waals surface area contributed by atoms with E-state index in [1.165, 1.54) is 0 Å². The molecule has 0 radical (unpaired) electrons. The van der Waals surface area contributed by atoms with Crippen molar-refractivity contribution in [3.8, 4) is 11.5 Å². The highest BCUT2D eigenvalue weighted by molar-refractivity contribution is 5.83. The lowest BCUT2D eigenvalue weighted by Gasteiger charge is -2.14. The fraction of sp³-hybridized carbons (Fsp3) is 0.273. The van der Waals surface area contributed by atoms with E-state index in [4.69, 9.17) is 9.47 Å². The maximum absolute atomic E-state index is 12.0. The van der Waals surface area contributed by atoms with Crippen molar-refractivity contribution >= 4 is 12.1 Å². The van der Waals surface area contributed by atoms with Crippen LogP contribution in [0.3, 0.4) is 0 Å². The summed E-state index contributed by atoms with van der Waals surface area (Å²) in [6.07, 6.45) is 3.26. The summed E-state index contributed by atoms with van der Waals surface area (Å²) < 4.78 is 11.1. The van der Waals surface area contributed by atoms with Crippen molar-refractivity contribution in [2.24, 2.45) is 5.10 Å². The summed E-state index contributed by atoms with van der Waals surface area (Å²) in [5, 5.41) is 3.96. The van der Waals surface area contributed by atoms with E-state index < -0.39 is 0 Å². The molecule has 0 heterocycles. The number of carbonyl (C=O) groups is 1. The number of hydrazone groups is 1. The first-order valence-corrected chi connectivity index (χ1v) is 8.88. The van der Waals surface area contributed by atoms with Gasteiger partial charge in [0.2, 0.25) is 0 Å². The van der Waals surface area contributed by atoms with Gasteiger partial charge in [-0.15, -0.1) is 0 Å². The van der Waals surface area contributed by atoms with Crippen LogP contribution in [-0.4, -0.2) is 25.3 Å². The van der Waals surface area contributed by atoms with Crippen LogP contribution in [0.1, 0.15) is 36.5 Å². The molecule has 27 heavy (non-hydrogen) atoms. The molecule has 2 aromatic rings. The van der Waals surface area contributed by atoms with Crippen LogP contribution in [-0.2, 0) is 4.79 Å². The number of ether oxygens (including phenoxy) is 2. The number of amides is 1. The van der Waals surface area contributed by atoms with Crippen molar-refractivity contribution in [2.75, 3.05) is 13.2 Å². The Labute approximate surface area is 160 Å². The van der Waals surface area contributed by atoms with Crippen molar-refractivity contribution in [3.05, 3.63) is 71.8 Å². The van der Waals surface area contributed by atoms with E-state index in [1.807, 2.05) is 49.4 Å². The van der Waals surface area contributed by atoms with Gasteiger partial charge in [0.15, 0.2) is 6.61 Å². The Morgan fingerprint density at radius 3 is 2.59 bits per heavy atom. The predicted molar refractivity (Wildman–Crippen MR) is 109 cm³/mol. The van der Waals surface area contributed by atoms with E-state index in [1.54, 1.807) is 12.3 Å². The Kier molecular flexibility index (Phi) is 7.62. The zero-order valence-electron chi connectivity index (χ0n) is 16.1. The molecule has 0 saturated heterocycles. The molecule has 0 aromatic heterocycles. The fourth-order valence-corrected chi connectivity index (χ4v) is 2.40. The van der Waals surface area contributed by atoms with Crippen LogP contribution < -0.4 is 14.9 Å². The van der Waals surface area contributed by atoms with Gasteiger partial charge in [0.25, 0.3) is 5.91 Å². The molecule has 0 saturated carbocycles. The van der Waals surface area contributed by atoms with Crippen LogP contribution in [0.5, 0.6) is 11.5 Å². The van der Waals surface area contributed by atoms with E-state index in [0.717, 1.165) is 28.2 Å². The summed E-state index contributed by atoms with van der Waals surface area (Å²) >= 11 is 0. The van der Waals surface area contributed by atoms with Gasteiger partial charge in [-0.3, -0.25) is 4.79 Å². The Hall–Kier alpha value is -3.08. The van der Waals surface area contributed by atoms with Gasteiger partial charge >= 0.3 is 0 Å². The minimum Gasteiger partial charge on any atom is -0.490 e. The molecule has 2 aromatic carbocycles. The molecule has 1 amide bonds. The summed E-state index contributed by atoms with van der Waals surface area (Å²) in [7, 11) is 0. The number of carbonyl (C=O) groups excluding carboxylic acids is 1. The number of nitrogens with one attached hydrogen (secondary N) is 1. The summed E-state index contributed by atoms with van der Waals surface area (Å²) in [5.41, 5.74) is 5.49. The standard InChI is InChI=1S/C22H26N2O3/c1-5-12-26-19-9-7-18(8-10-19)14-23-24-22(25)15-27-21-13-17(4)6-11-20(21)16(2)3/h5-11,13-14,16H,1,12,15H2,2-4H3,(H,24,25)/b23-14+. The van der Waals surface area contributed by atoms with Crippen LogP contribution in [0.2, 0.25) is 0 Å². The molecule has 0 bridgehead atoms. The van der Waals surface area contributed by atoms with Gasteiger partial charge in [0, 0.05) is 0 Å². The molecular formula is C22H26N2O3. The molecule has 0 unspecified atom stereocenters. The zero-order valence-corrected chi connectivity index (χ0v) is 16.1. The van der Waals surface area contributed by atoms with Crippen molar-refractivity contribution in [1.29, 1.82) is 0 Å². The molecule has 5 heteroatoms. The molecule has 0 fully saturated rings. The SMILES string of the molecule is C=CCOc1ccc(/C=N/NC(=O)COc2cc(C)ccc2C(C)C)cc1. The summed E-state index contributed by atoms with van der Waals surface area (Å²) in [5.74, 6) is 1.50. The first-order chi connectivity index (χ1) is 13.0. The normalized spacial score (nSPS) is 10.8. The van der Waals surface area contributed by atoms with Crippen molar-refractivity contribution in [3.63, 3.8) is 0 Å². The summed E-state index contributed by atoms with van der Waals surface area (Å²) in [6, 6.07) is 13.4. The predicted octanol–water partition coefficient (Wildman–Crippen LogP) is 4.21. The molecule has 0 atom stereocenters. The average molecular weight is 366 g/mol. The van der Waals surface area contributed by atoms with Crippen LogP contribution in [0.4, 0.5) is 0 Å². The minimum atomic E-state index is -0.312. The topological polar surface area (TPSA) is 59.9 Å².